The number of carbonyl (C=O) groups excluding carboxylic acids is 2. The lowest BCUT2D eigenvalue weighted by Crippen LogP contribution is -2.48. The Morgan fingerprint density at radius 1 is 1.00 bits per heavy atom. The quantitative estimate of drug-likeness (QED) is 0.398. The van der Waals surface area contributed by atoms with Crippen LogP contribution in [0.1, 0.15) is 61.8 Å². The van der Waals surface area contributed by atoms with Gasteiger partial charge >= 0.3 is 0 Å². The number of hydrogen-bond donors (Lipinski definition) is 1. The van der Waals surface area contributed by atoms with Crippen molar-refractivity contribution < 1.29 is 18.0 Å². The molecule has 0 aliphatic heterocycles. The first-order valence-electron chi connectivity index (χ1n) is 12.6. The van der Waals surface area contributed by atoms with Crippen molar-refractivity contribution in [1.29, 1.82) is 0 Å². The number of nitrogens with zero attached hydrogens (tertiary/aromatic N) is 2. The number of unbranched alkanes of at least 4 members (excludes halogenated alkanes) is 1. The minimum absolute atomic E-state index is 0.134. The highest BCUT2D eigenvalue weighted by Crippen LogP contribution is 2.24. The third-order valence-corrected chi connectivity index (χ3v) is 7.40. The fourth-order valence-electron chi connectivity index (χ4n) is 4.10. The van der Waals surface area contributed by atoms with Gasteiger partial charge in [-0.1, -0.05) is 55.3 Å². The molecule has 0 saturated carbocycles. The van der Waals surface area contributed by atoms with Crippen LogP contribution < -0.4 is 9.62 Å². The van der Waals surface area contributed by atoms with Crippen molar-refractivity contribution in [1.82, 2.24) is 10.2 Å². The van der Waals surface area contributed by atoms with Crippen molar-refractivity contribution in [2.45, 2.75) is 72.9 Å². The molecule has 2 aromatic carbocycles. The smallest absolute Gasteiger partial charge is 0.242 e. The topological polar surface area (TPSA) is 86.8 Å². The summed E-state index contributed by atoms with van der Waals surface area (Å²) in [7, 11) is -3.53. The molecule has 0 saturated heterocycles. The molecule has 0 unspecified atom stereocenters. The number of nitrogens with one attached hydrogen (secondary N) is 1. The van der Waals surface area contributed by atoms with Crippen molar-refractivity contribution in [2.75, 3.05) is 23.7 Å². The van der Waals surface area contributed by atoms with E-state index in [4.69, 9.17) is 0 Å². The molecule has 0 bridgehead atoms. The summed E-state index contributed by atoms with van der Waals surface area (Å²) in [5.41, 5.74) is 4.48. The van der Waals surface area contributed by atoms with Gasteiger partial charge in [-0.15, -0.1) is 0 Å². The van der Waals surface area contributed by atoms with Crippen molar-refractivity contribution in [3.05, 3.63) is 64.7 Å². The van der Waals surface area contributed by atoms with Crippen LogP contribution in [-0.2, 0) is 26.2 Å². The Labute approximate surface area is 216 Å². The molecule has 0 aliphatic carbocycles. The minimum atomic E-state index is -3.53. The Hall–Kier alpha value is -2.87. The highest BCUT2D eigenvalue weighted by Gasteiger charge is 2.26. The molecule has 8 heteroatoms. The molecule has 0 fully saturated rings. The summed E-state index contributed by atoms with van der Waals surface area (Å²) < 4.78 is 26.5. The zero-order valence-electron chi connectivity index (χ0n) is 22.5. The van der Waals surface area contributed by atoms with Crippen LogP contribution in [0.25, 0.3) is 0 Å². The summed E-state index contributed by atoms with van der Waals surface area (Å²) >= 11 is 0. The van der Waals surface area contributed by atoms with Gasteiger partial charge in [0.1, 0.15) is 6.04 Å². The molecule has 0 radical (unpaired) electrons. The lowest BCUT2D eigenvalue weighted by molar-refractivity contribution is -0.140. The number of anilines is 1. The van der Waals surface area contributed by atoms with Crippen molar-refractivity contribution in [3.8, 4) is 0 Å². The molecular weight excluding hydrogens is 474 g/mol. The Bertz CT molecular complexity index is 1150. The normalized spacial score (nSPS) is 12.2. The monoisotopic (exact) mass is 515 g/mol. The zero-order chi connectivity index (χ0) is 26.9. The molecule has 2 aromatic rings. The minimum Gasteiger partial charge on any atom is -0.354 e. The largest absolute Gasteiger partial charge is 0.354 e. The van der Waals surface area contributed by atoms with Gasteiger partial charge < -0.3 is 10.2 Å². The van der Waals surface area contributed by atoms with Gasteiger partial charge in [0, 0.05) is 26.1 Å². The zero-order valence-corrected chi connectivity index (χ0v) is 23.3. The predicted octanol–water partition coefficient (Wildman–Crippen LogP) is 4.49. The number of rotatable bonds is 13. The van der Waals surface area contributed by atoms with Crippen LogP contribution >= 0.6 is 0 Å². The van der Waals surface area contributed by atoms with Gasteiger partial charge in [0.05, 0.1) is 11.9 Å². The molecule has 0 aliphatic rings. The summed E-state index contributed by atoms with van der Waals surface area (Å²) in [6.45, 7) is 10.7. The second kappa shape index (κ2) is 13.4. The fraction of sp³-hybridized carbons (Fsp3) is 0.500. The molecule has 1 N–H and O–H groups in total. The van der Waals surface area contributed by atoms with Crippen LogP contribution in [-0.4, -0.2) is 50.5 Å². The van der Waals surface area contributed by atoms with E-state index in [1.165, 1.54) is 10.6 Å². The summed E-state index contributed by atoms with van der Waals surface area (Å²) in [5, 5.41) is 2.92. The second-order valence-corrected chi connectivity index (χ2v) is 11.5. The van der Waals surface area contributed by atoms with Gasteiger partial charge in [0.2, 0.25) is 21.8 Å². The third-order valence-electron chi connectivity index (χ3n) is 6.22. The molecule has 1 atom stereocenters. The Balaban J connectivity index is 2.18. The average Bonchev–Trinajstić information content (AvgIpc) is 2.81. The van der Waals surface area contributed by atoms with E-state index >= 15 is 0 Å². The maximum absolute atomic E-state index is 13.4. The molecule has 0 aromatic heterocycles. The van der Waals surface area contributed by atoms with Crippen LogP contribution in [0.4, 0.5) is 5.69 Å². The summed E-state index contributed by atoms with van der Waals surface area (Å²) in [4.78, 5) is 27.8. The first kappa shape index (κ1) is 29.4. The maximum Gasteiger partial charge on any atom is 0.242 e. The molecular formula is C28H41N3O4S. The van der Waals surface area contributed by atoms with Crippen molar-refractivity contribution >= 4 is 27.5 Å². The lowest BCUT2D eigenvalue weighted by atomic mass is 10.1. The van der Waals surface area contributed by atoms with Gasteiger partial charge in [-0.3, -0.25) is 13.9 Å². The molecule has 7 nitrogen and oxygen atoms in total. The van der Waals surface area contributed by atoms with Crippen molar-refractivity contribution in [3.63, 3.8) is 0 Å². The van der Waals surface area contributed by atoms with Gasteiger partial charge in [0.25, 0.3) is 0 Å². The van der Waals surface area contributed by atoms with E-state index in [1.54, 1.807) is 11.8 Å². The van der Waals surface area contributed by atoms with E-state index in [9.17, 15) is 18.0 Å². The van der Waals surface area contributed by atoms with E-state index < -0.39 is 16.1 Å². The van der Waals surface area contributed by atoms with E-state index in [2.05, 4.69) is 12.2 Å². The van der Waals surface area contributed by atoms with Crippen LogP contribution in [0, 0.1) is 20.8 Å². The summed E-state index contributed by atoms with van der Waals surface area (Å²) in [5.74, 6) is -0.360. The molecule has 2 amide bonds. The van der Waals surface area contributed by atoms with Crippen molar-refractivity contribution in [2.24, 2.45) is 0 Å². The van der Waals surface area contributed by atoms with E-state index in [1.807, 2.05) is 63.2 Å². The van der Waals surface area contributed by atoms with Crippen LogP contribution in [0.5, 0.6) is 0 Å². The lowest BCUT2D eigenvalue weighted by Gasteiger charge is -2.30. The van der Waals surface area contributed by atoms with Crippen LogP contribution in [0.15, 0.2) is 42.5 Å². The third kappa shape index (κ3) is 8.66. The average molecular weight is 516 g/mol. The maximum atomic E-state index is 13.4. The summed E-state index contributed by atoms with van der Waals surface area (Å²) in [6.07, 6.45) is 3.51. The Morgan fingerprint density at radius 3 is 2.33 bits per heavy atom. The van der Waals surface area contributed by atoms with E-state index in [0.29, 0.717) is 25.2 Å². The van der Waals surface area contributed by atoms with E-state index in [0.717, 1.165) is 35.1 Å². The fourth-order valence-corrected chi connectivity index (χ4v) is 5.11. The standard InChI is InChI=1S/C28H41N3O4S/c1-7-8-16-29-28(33)24(5)30(20-25-12-9-11-21(2)18-25)27(32)13-10-17-31(36(6,34)35)26-19-22(3)14-15-23(26)4/h9,11-12,14-15,18-19,24H,7-8,10,13,16-17,20H2,1-6H3,(H,29,33)/t24-/m1/s1. The van der Waals surface area contributed by atoms with Crippen LogP contribution in [0.3, 0.4) is 0 Å². The number of hydrogen-bond acceptors (Lipinski definition) is 4. The SMILES string of the molecule is CCCCNC(=O)[C@@H](C)N(Cc1cccc(C)c1)C(=O)CCCN(c1cc(C)ccc1C)S(C)(=O)=O. The van der Waals surface area contributed by atoms with Gasteiger partial charge in [-0.25, -0.2) is 8.42 Å². The molecule has 0 spiro atoms. The highest BCUT2D eigenvalue weighted by atomic mass is 32.2. The highest BCUT2D eigenvalue weighted by molar-refractivity contribution is 7.92. The predicted molar refractivity (Wildman–Crippen MR) is 146 cm³/mol. The van der Waals surface area contributed by atoms with Gasteiger partial charge in [-0.05, 0) is 63.3 Å². The number of carbonyl (C=O) groups is 2. The number of aryl methyl sites for hydroxylation is 3. The number of benzene rings is 2. The first-order chi connectivity index (χ1) is 16.9. The number of sulfonamides is 1. The molecule has 2 rings (SSSR count). The van der Waals surface area contributed by atoms with Gasteiger partial charge in [-0.2, -0.15) is 0 Å². The van der Waals surface area contributed by atoms with Crippen LogP contribution in [0.2, 0.25) is 0 Å². The molecule has 36 heavy (non-hydrogen) atoms. The Kier molecular flexibility index (Phi) is 11.0. The second-order valence-electron chi connectivity index (χ2n) is 9.56. The van der Waals surface area contributed by atoms with E-state index in [-0.39, 0.29) is 24.8 Å². The Morgan fingerprint density at radius 2 is 1.69 bits per heavy atom. The molecule has 0 heterocycles. The summed E-state index contributed by atoms with van der Waals surface area (Å²) in [6, 6.07) is 12.9. The number of amides is 2. The first-order valence-corrected chi connectivity index (χ1v) is 14.5. The molecule has 198 valence electrons. The van der Waals surface area contributed by atoms with Gasteiger partial charge in [0.15, 0.2) is 0 Å².